The van der Waals surface area contributed by atoms with E-state index in [1.807, 2.05) is 12.1 Å². The van der Waals surface area contributed by atoms with Gasteiger partial charge in [0.05, 0.1) is 24.0 Å². The highest BCUT2D eigenvalue weighted by Crippen LogP contribution is 2.37. The number of esters is 1. The molecule has 1 aromatic carbocycles. The van der Waals surface area contributed by atoms with Crippen molar-refractivity contribution in [3.05, 3.63) is 23.8 Å². The van der Waals surface area contributed by atoms with Gasteiger partial charge >= 0.3 is 5.97 Å². The van der Waals surface area contributed by atoms with Gasteiger partial charge in [-0.15, -0.1) is 0 Å². The van der Waals surface area contributed by atoms with Crippen molar-refractivity contribution < 1.29 is 9.53 Å². The van der Waals surface area contributed by atoms with Crippen LogP contribution < -0.4 is 10.6 Å². The van der Waals surface area contributed by atoms with E-state index < -0.39 is 0 Å². The smallest absolute Gasteiger partial charge is 0.340 e. The number of ether oxygens (including phenoxy) is 1. The van der Waals surface area contributed by atoms with Crippen LogP contribution in [0, 0.1) is 11.3 Å². The monoisotopic (exact) mass is 290 g/mol. The molecule has 1 aromatic rings. The van der Waals surface area contributed by atoms with Crippen molar-refractivity contribution >= 4 is 17.3 Å². The van der Waals surface area contributed by atoms with Crippen molar-refractivity contribution in [2.75, 3.05) is 30.8 Å². The Hall–Kier alpha value is -1.71. The van der Waals surface area contributed by atoms with Crippen LogP contribution in [0.25, 0.3) is 0 Å². The first-order valence-electron chi connectivity index (χ1n) is 7.56. The molecule has 0 atom stereocenters. The number of anilines is 2. The molecular weight excluding hydrogens is 264 g/mol. The molecule has 0 amide bonds. The minimum Gasteiger partial charge on any atom is -0.465 e. The standard InChI is InChI=1S/C17H26N2O2/c1-17(2,3)12-8-10-19(11-9-12)14-7-5-6-13(15(14)18)16(20)21-4/h5-7,12H,8-11,18H2,1-4H3. The Morgan fingerprint density at radius 2 is 1.90 bits per heavy atom. The summed E-state index contributed by atoms with van der Waals surface area (Å²) in [6.45, 7) is 8.88. The number of nitrogen functional groups attached to an aromatic ring is 1. The van der Waals surface area contributed by atoms with E-state index in [9.17, 15) is 4.79 Å². The molecule has 4 nitrogen and oxygen atoms in total. The molecule has 0 aliphatic carbocycles. The Labute approximate surface area is 127 Å². The van der Waals surface area contributed by atoms with Gasteiger partial charge < -0.3 is 15.4 Å². The van der Waals surface area contributed by atoms with Gasteiger partial charge in [-0.05, 0) is 36.3 Å². The van der Waals surface area contributed by atoms with Gasteiger partial charge in [0.25, 0.3) is 0 Å². The number of nitrogens with two attached hydrogens (primary N) is 1. The average molecular weight is 290 g/mol. The number of hydrogen-bond acceptors (Lipinski definition) is 4. The molecule has 1 fully saturated rings. The summed E-state index contributed by atoms with van der Waals surface area (Å²) in [4.78, 5) is 14.0. The van der Waals surface area contributed by atoms with E-state index in [0.717, 1.165) is 37.5 Å². The second kappa shape index (κ2) is 5.96. The predicted molar refractivity (Wildman–Crippen MR) is 86.6 cm³/mol. The third kappa shape index (κ3) is 3.31. The number of nitrogens with zero attached hydrogens (tertiary/aromatic N) is 1. The number of benzene rings is 1. The number of piperidine rings is 1. The van der Waals surface area contributed by atoms with Crippen molar-refractivity contribution in [1.82, 2.24) is 0 Å². The molecule has 0 bridgehead atoms. The molecule has 1 aliphatic heterocycles. The van der Waals surface area contributed by atoms with Crippen LogP contribution in [0.1, 0.15) is 44.0 Å². The van der Waals surface area contributed by atoms with Crippen LogP contribution >= 0.6 is 0 Å². The Morgan fingerprint density at radius 1 is 1.29 bits per heavy atom. The molecule has 0 unspecified atom stereocenters. The average Bonchev–Trinajstić information content (AvgIpc) is 2.46. The summed E-state index contributed by atoms with van der Waals surface area (Å²) in [5.41, 5.74) is 8.45. The number of hydrogen-bond donors (Lipinski definition) is 1. The molecular formula is C17H26N2O2. The van der Waals surface area contributed by atoms with Gasteiger partial charge in [-0.3, -0.25) is 0 Å². The van der Waals surface area contributed by atoms with Crippen molar-refractivity contribution in [2.45, 2.75) is 33.6 Å². The third-order valence-electron chi connectivity index (χ3n) is 4.55. The summed E-state index contributed by atoms with van der Waals surface area (Å²) in [6, 6.07) is 5.57. The third-order valence-corrected chi connectivity index (χ3v) is 4.55. The first kappa shape index (κ1) is 15.7. The number of rotatable bonds is 2. The molecule has 4 heteroatoms. The fourth-order valence-electron chi connectivity index (χ4n) is 3.10. The zero-order valence-corrected chi connectivity index (χ0v) is 13.5. The van der Waals surface area contributed by atoms with Gasteiger partial charge in [-0.1, -0.05) is 26.8 Å². The van der Waals surface area contributed by atoms with Crippen LogP contribution in [0.3, 0.4) is 0 Å². The summed E-state index contributed by atoms with van der Waals surface area (Å²) >= 11 is 0. The maximum atomic E-state index is 11.7. The van der Waals surface area contributed by atoms with Crippen LogP contribution in [0.2, 0.25) is 0 Å². The fourth-order valence-corrected chi connectivity index (χ4v) is 3.10. The Balaban J connectivity index is 2.16. The Morgan fingerprint density at radius 3 is 2.43 bits per heavy atom. The van der Waals surface area contributed by atoms with E-state index in [4.69, 9.17) is 10.5 Å². The predicted octanol–water partition coefficient (Wildman–Crippen LogP) is 3.32. The second-order valence-corrected chi connectivity index (χ2v) is 6.86. The highest BCUT2D eigenvalue weighted by molar-refractivity contribution is 5.98. The molecule has 0 saturated carbocycles. The van der Waals surface area contributed by atoms with Crippen molar-refractivity contribution in [2.24, 2.45) is 11.3 Å². The normalized spacial score (nSPS) is 16.9. The van der Waals surface area contributed by atoms with Gasteiger partial charge in [0.1, 0.15) is 0 Å². The van der Waals surface area contributed by atoms with Crippen molar-refractivity contribution in [3.63, 3.8) is 0 Å². The largest absolute Gasteiger partial charge is 0.465 e. The molecule has 0 aromatic heterocycles. The Bertz CT molecular complexity index is 512. The van der Waals surface area contributed by atoms with Crippen LogP contribution in [-0.4, -0.2) is 26.2 Å². The molecule has 21 heavy (non-hydrogen) atoms. The molecule has 1 aliphatic rings. The quantitative estimate of drug-likeness (QED) is 0.670. The van der Waals surface area contributed by atoms with Gasteiger partial charge in [-0.25, -0.2) is 4.79 Å². The number of methoxy groups -OCH3 is 1. The van der Waals surface area contributed by atoms with Crippen LogP contribution in [-0.2, 0) is 4.74 Å². The van der Waals surface area contributed by atoms with E-state index in [2.05, 4.69) is 25.7 Å². The number of carbonyl (C=O) groups excluding carboxylic acids is 1. The highest BCUT2D eigenvalue weighted by atomic mass is 16.5. The minimum atomic E-state index is -0.376. The summed E-state index contributed by atoms with van der Waals surface area (Å²) in [7, 11) is 1.38. The van der Waals surface area contributed by atoms with E-state index in [1.165, 1.54) is 7.11 Å². The van der Waals surface area contributed by atoms with E-state index in [-0.39, 0.29) is 5.97 Å². The summed E-state index contributed by atoms with van der Waals surface area (Å²) in [5.74, 6) is 0.359. The lowest BCUT2D eigenvalue weighted by molar-refractivity contribution is 0.0602. The first-order chi connectivity index (χ1) is 9.84. The zero-order valence-electron chi connectivity index (χ0n) is 13.5. The first-order valence-corrected chi connectivity index (χ1v) is 7.56. The van der Waals surface area contributed by atoms with Crippen LogP contribution in [0.15, 0.2) is 18.2 Å². The maximum Gasteiger partial charge on any atom is 0.340 e. The summed E-state index contributed by atoms with van der Waals surface area (Å²) in [6.07, 6.45) is 2.32. The van der Waals surface area contributed by atoms with Crippen LogP contribution in [0.4, 0.5) is 11.4 Å². The number of para-hydroxylation sites is 1. The second-order valence-electron chi connectivity index (χ2n) is 6.86. The lowest BCUT2D eigenvalue weighted by atomic mass is 9.75. The van der Waals surface area contributed by atoms with E-state index in [0.29, 0.717) is 16.7 Å². The molecule has 1 saturated heterocycles. The lowest BCUT2D eigenvalue weighted by Gasteiger charge is -2.40. The van der Waals surface area contributed by atoms with E-state index in [1.54, 1.807) is 6.07 Å². The molecule has 0 radical (unpaired) electrons. The molecule has 0 spiro atoms. The molecule has 1 heterocycles. The van der Waals surface area contributed by atoms with Crippen molar-refractivity contribution in [1.29, 1.82) is 0 Å². The highest BCUT2D eigenvalue weighted by Gasteiger charge is 2.29. The van der Waals surface area contributed by atoms with Crippen LogP contribution in [0.5, 0.6) is 0 Å². The Kier molecular flexibility index (Phi) is 4.45. The fraction of sp³-hybridized carbons (Fsp3) is 0.588. The van der Waals surface area contributed by atoms with E-state index >= 15 is 0 Å². The minimum absolute atomic E-state index is 0.353. The SMILES string of the molecule is COC(=O)c1cccc(N2CCC(C(C)(C)C)CC2)c1N. The van der Waals surface area contributed by atoms with Gasteiger partial charge in [0.15, 0.2) is 0 Å². The molecule has 2 N–H and O–H groups in total. The topological polar surface area (TPSA) is 55.6 Å². The summed E-state index contributed by atoms with van der Waals surface area (Å²) < 4.78 is 4.78. The van der Waals surface area contributed by atoms with Gasteiger partial charge in [0.2, 0.25) is 0 Å². The zero-order chi connectivity index (χ0) is 15.6. The van der Waals surface area contributed by atoms with Gasteiger partial charge in [-0.2, -0.15) is 0 Å². The molecule has 2 rings (SSSR count). The lowest BCUT2D eigenvalue weighted by Crippen LogP contribution is -2.38. The van der Waals surface area contributed by atoms with Crippen molar-refractivity contribution in [3.8, 4) is 0 Å². The van der Waals surface area contributed by atoms with Gasteiger partial charge in [0, 0.05) is 13.1 Å². The molecule has 116 valence electrons. The number of carbonyl (C=O) groups is 1. The maximum absolute atomic E-state index is 11.7. The summed E-state index contributed by atoms with van der Waals surface area (Å²) in [5, 5.41) is 0.